The van der Waals surface area contributed by atoms with Crippen LogP contribution in [0.3, 0.4) is 0 Å². The minimum Gasteiger partial charge on any atom is -0.496 e. The van der Waals surface area contributed by atoms with Crippen molar-refractivity contribution < 1.29 is 9.53 Å². The summed E-state index contributed by atoms with van der Waals surface area (Å²) in [4.78, 5) is 14.2. The van der Waals surface area contributed by atoms with E-state index >= 15 is 0 Å². The van der Waals surface area contributed by atoms with E-state index in [1.807, 2.05) is 29.2 Å². The first-order chi connectivity index (χ1) is 10.2. The fourth-order valence-electron chi connectivity index (χ4n) is 3.88. The predicted octanol–water partition coefficient (Wildman–Crippen LogP) is 2.06. The maximum Gasteiger partial charge on any atom is 0.223 e. The number of benzene rings is 1. The van der Waals surface area contributed by atoms with Crippen LogP contribution >= 0.6 is 0 Å². The zero-order chi connectivity index (χ0) is 14.9. The third-order valence-corrected chi connectivity index (χ3v) is 4.74. The molecule has 0 bridgehead atoms. The lowest BCUT2D eigenvalue weighted by Crippen LogP contribution is -2.63. The topological polar surface area (TPSA) is 41.6 Å². The molecule has 1 amide bonds. The second-order valence-corrected chi connectivity index (χ2v) is 5.73. The van der Waals surface area contributed by atoms with Crippen molar-refractivity contribution in [2.24, 2.45) is 0 Å². The fourth-order valence-corrected chi connectivity index (χ4v) is 3.88. The summed E-state index contributed by atoms with van der Waals surface area (Å²) in [5, 5.41) is 3.67. The van der Waals surface area contributed by atoms with Crippen LogP contribution in [0.15, 0.2) is 36.9 Å². The van der Waals surface area contributed by atoms with Crippen molar-refractivity contribution in [3.05, 3.63) is 42.5 Å². The Balaban J connectivity index is 2.11. The number of amides is 1. The second kappa shape index (κ2) is 5.53. The summed E-state index contributed by atoms with van der Waals surface area (Å²) in [5.74, 6) is 1.14. The summed E-state index contributed by atoms with van der Waals surface area (Å²) < 4.78 is 5.57. The van der Waals surface area contributed by atoms with Crippen molar-refractivity contribution in [2.75, 3.05) is 20.2 Å². The van der Waals surface area contributed by atoms with E-state index in [4.69, 9.17) is 4.74 Å². The lowest BCUT2D eigenvalue weighted by atomic mass is 9.77. The van der Waals surface area contributed by atoms with Gasteiger partial charge in [0.15, 0.2) is 0 Å². The zero-order valence-electron chi connectivity index (χ0n) is 12.5. The van der Waals surface area contributed by atoms with E-state index in [1.165, 1.54) is 0 Å². The molecule has 1 aromatic carbocycles. The zero-order valence-corrected chi connectivity index (χ0v) is 12.5. The van der Waals surface area contributed by atoms with Crippen LogP contribution < -0.4 is 10.1 Å². The minimum atomic E-state index is -0.293. The molecule has 2 unspecified atom stereocenters. The van der Waals surface area contributed by atoms with Crippen molar-refractivity contribution in [3.63, 3.8) is 0 Å². The molecule has 1 aromatic rings. The van der Waals surface area contributed by atoms with Gasteiger partial charge in [-0.2, -0.15) is 0 Å². The highest BCUT2D eigenvalue weighted by molar-refractivity contribution is 5.79. The number of ether oxygens (including phenoxy) is 1. The number of fused-ring (bicyclic) bond motifs is 1. The van der Waals surface area contributed by atoms with Crippen LogP contribution in [0.4, 0.5) is 0 Å². The van der Waals surface area contributed by atoms with Gasteiger partial charge in [0.2, 0.25) is 5.91 Å². The molecule has 0 radical (unpaired) electrons. The van der Waals surface area contributed by atoms with Gasteiger partial charge in [0.25, 0.3) is 0 Å². The van der Waals surface area contributed by atoms with E-state index in [0.717, 1.165) is 37.2 Å². The van der Waals surface area contributed by atoms with Crippen molar-refractivity contribution in [2.45, 2.75) is 30.8 Å². The van der Waals surface area contributed by atoms with Gasteiger partial charge in [0.05, 0.1) is 18.7 Å². The number of nitrogens with one attached hydrogen (secondary N) is 1. The third-order valence-electron chi connectivity index (χ3n) is 4.74. The van der Waals surface area contributed by atoms with Gasteiger partial charge in [0.1, 0.15) is 5.75 Å². The van der Waals surface area contributed by atoms with Crippen LogP contribution in [0.2, 0.25) is 0 Å². The lowest BCUT2D eigenvalue weighted by Gasteiger charge is -2.48. The molecule has 2 atom stereocenters. The molecule has 0 spiro atoms. The highest BCUT2D eigenvalue weighted by atomic mass is 16.5. The minimum absolute atomic E-state index is 0.174. The number of para-hydroxylation sites is 1. The van der Waals surface area contributed by atoms with Gasteiger partial charge in [-0.05, 0) is 18.9 Å². The maximum atomic E-state index is 12.1. The van der Waals surface area contributed by atoms with Gasteiger partial charge in [0, 0.05) is 25.1 Å². The average Bonchev–Trinajstić information content (AvgIpc) is 2.90. The van der Waals surface area contributed by atoms with Crippen LogP contribution in [-0.2, 0) is 10.3 Å². The standard InChI is InChI=1S/C17H22N2O2/c1-3-10-17(13-6-4-5-7-14(13)21-2)15-8-9-16(20)19(15)12-11-18-17/h3-7,15,18H,1,8-12H2,2H3. The average molecular weight is 286 g/mol. The Hall–Kier alpha value is -1.81. The van der Waals surface area contributed by atoms with Crippen LogP contribution in [0.1, 0.15) is 24.8 Å². The maximum absolute atomic E-state index is 12.1. The molecule has 2 aliphatic rings. The monoisotopic (exact) mass is 286 g/mol. The summed E-state index contributed by atoms with van der Waals surface area (Å²) >= 11 is 0. The Morgan fingerprint density at radius 3 is 3.10 bits per heavy atom. The van der Waals surface area contributed by atoms with E-state index < -0.39 is 0 Å². The van der Waals surface area contributed by atoms with Gasteiger partial charge in [-0.1, -0.05) is 24.3 Å². The summed E-state index contributed by atoms with van der Waals surface area (Å²) in [5.41, 5.74) is 0.829. The van der Waals surface area contributed by atoms with Gasteiger partial charge >= 0.3 is 0 Å². The van der Waals surface area contributed by atoms with Crippen LogP contribution in [-0.4, -0.2) is 37.0 Å². The molecular formula is C17H22N2O2. The number of methoxy groups -OCH3 is 1. The molecule has 0 saturated carbocycles. The highest BCUT2D eigenvalue weighted by Crippen LogP contribution is 2.43. The fraction of sp³-hybridized carbons (Fsp3) is 0.471. The van der Waals surface area contributed by atoms with Gasteiger partial charge in [-0.25, -0.2) is 0 Å². The number of rotatable bonds is 4. The molecule has 0 aromatic heterocycles. The van der Waals surface area contributed by atoms with E-state index in [1.54, 1.807) is 7.11 Å². The van der Waals surface area contributed by atoms with E-state index in [-0.39, 0.29) is 17.5 Å². The Morgan fingerprint density at radius 2 is 2.33 bits per heavy atom. The molecule has 4 heteroatoms. The summed E-state index contributed by atoms with van der Waals surface area (Å²) in [6, 6.07) is 8.26. The van der Waals surface area contributed by atoms with Crippen molar-refractivity contribution in [1.29, 1.82) is 0 Å². The molecular weight excluding hydrogens is 264 g/mol. The molecule has 2 heterocycles. The van der Waals surface area contributed by atoms with Gasteiger partial charge in [-0.3, -0.25) is 4.79 Å². The lowest BCUT2D eigenvalue weighted by molar-refractivity contribution is -0.131. The molecule has 2 fully saturated rings. The number of hydrogen-bond acceptors (Lipinski definition) is 3. The first-order valence-corrected chi connectivity index (χ1v) is 7.52. The van der Waals surface area contributed by atoms with Crippen LogP contribution in [0.5, 0.6) is 5.75 Å². The van der Waals surface area contributed by atoms with E-state index in [9.17, 15) is 4.79 Å². The van der Waals surface area contributed by atoms with E-state index in [2.05, 4.69) is 18.0 Å². The Labute approximate surface area is 125 Å². The quantitative estimate of drug-likeness (QED) is 0.862. The van der Waals surface area contributed by atoms with Gasteiger partial charge in [-0.15, -0.1) is 6.58 Å². The summed E-state index contributed by atoms with van der Waals surface area (Å²) in [6.45, 7) is 5.52. The molecule has 112 valence electrons. The first-order valence-electron chi connectivity index (χ1n) is 7.52. The molecule has 3 rings (SSSR count). The number of piperazine rings is 1. The van der Waals surface area contributed by atoms with Crippen LogP contribution in [0.25, 0.3) is 0 Å². The van der Waals surface area contributed by atoms with Crippen LogP contribution in [0, 0.1) is 0 Å². The largest absolute Gasteiger partial charge is 0.496 e. The molecule has 2 saturated heterocycles. The number of carbonyl (C=O) groups excluding carboxylic acids is 1. The summed E-state index contributed by atoms with van der Waals surface area (Å²) in [7, 11) is 1.70. The van der Waals surface area contributed by atoms with Crippen molar-refractivity contribution in [1.82, 2.24) is 10.2 Å². The predicted molar refractivity (Wildman–Crippen MR) is 82.2 cm³/mol. The highest BCUT2D eigenvalue weighted by Gasteiger charge is 2.50. The normalized spacial score (nSPS) is 28.3. The molecule has 4 nitrogen and oxygen atoms in total. The smallest absolute Gasteiger partial charge is 0.223 e. The number of carbonyl (C=O) groups is 1. The third kappa shape index (κ3) is 2.14. The Morgan fingerprint density at radius 1 is 1.52 bits per heavy atom. The molecule has 1 N–H and O–H groups in total. The summed E-state index contributed by atoms with van der Waals surface area (Å²) in [6.07, 6.45) is 4.24. The Bertz CT molecular complexity index is 557. The molecule has 21 heavy (non-hydrogen) atoms. The Kier molecular flexibility index (Phi) is 3.72. The number of hydrogen-bond donors (Lipinski definition) is 1. The van der Waals surface area contributed by atoms with Crippen molar-refractivity contribution in [3.8, 4) is 5.75 Å². The van der Waals surface area contributed by atoms with Gasteiger partial charge < -0.3 is 15.0 Å². The molecule has 2 aliphatic heterocycles. The van der Waals surface area contributed by atoms with Crippen molar-refractivity contribution >= 4 is 5.91 Å². The first kappa shape index (κ1) is 14.1. The second-order valence-electron chi connectivity index (χ2n) is 5.73. The SMILES string of the molecule is C=CCC1(c2ccccc2OC)NCCN2C(=O)CCC21. The number of nitrogens with zero attached hydrogens (tertiary/aromatic N) is 1. The van der Waals surface area contributed by atoms with E-state index in [0.29, 0.717) is 6.42 Å². The molecule has 0 aliphatic carbocycles.